The van der Waals surface area contributed by atoms with Crippen LogP contribution in [0.4, 0.5) is 0 Å². The fraction of sp³-hybridized carbons (Fsp3) is 0.765. The second-order valence-electron chi connectivity index (χ2n) is 5.86. The third-order valence-corrected chi connectivity index (χ3v) is 5.42. The fourth-order valence-corrected chi connectivity index (χ4v) is 3.74. The smallest absolute Gasteiger partial charge is 0.187 e. The van der Waals surface area contributed by atoms with Crippen LogP contribution in [0.1, 0.15) is 51.4 Å². The van der Waals surface area contributed by atoms with Crippen molar-refractivity contribution < 1.29 is 4.48 Å². The summed E-state index contributed by atoms with van der Waals surface area (Å²) in [6.07, 6.45) is 3.92. The normalized spacial score (nSPS) is 11.9. The van der Waals surface area contributed by atoms with Gasteiger partial charge in [0.25, 0.3) is 0 Å². The van der Waals surface area contributed by atoms with Crippen LogP contribution in [0.5, 0.6) is 0 Å². The van der Waals surface area contributed by atoms with E-state index in [0.29, 0.717) is 0 Å². The number of rotatable bonds is 10. The summed E-state index contributed by atoms with van der Waals surface area (Å²) in [6, 6.07) is 2.03. The Labute approximate surface area is 135 Å². The number of aromatic nitrogens is 2. The molecule has 1 heterocycles. The number of quaternary nitrogens is 1. The number of hydrogen-bond donors (Lipinski definition) is 0. The largest absolute Gasteiger partial charge is 0.324 e. The zero-order valence-corrected chi connectivity index (χ0v) is 15.3. The lowest BCUT2D eigenvalue weighted by atomic mass is 10.2. The van der Waals surface area contributed by atoms with E-state index in [2.05, 4.69) is 30.7 Å². The van der Waals surface area contributed by atoms with Crippen molar-refractivity contribution in [2.75, 3.05) is 31.9 Å². The first-order valence-electron chi connectivity index (χ1n) is 8.35. The van der Waals surface area contributed by atoms with Gasteiger partial charge in [0.1, 0.15) is 0 Å². The van der Waals surface area contributed by atoms with E-state index in [0.717, 1.165) is 22.3 Å². The van der Waals surface area contributed by atoms with Crippen molar-refractivity contribution >= 4 is 11.8 Å². The van der Waals surface area contributed by atoms with Gasteiger partial charge in [0, 0.05) is 17.1 Å². The lowest BCUT2D eigenvalue weighted by Crippen LogP contribution is -2.48. The summed E-state index contributed by atoms with van der Waals surface area (Å²) >= 11 is 1.80. The molecule has 0 fully saturated rings. The van der Waals surface area contributed by atoms with Crippen molar-refractivity contribution in [1.82, 2.24) is 9.97 Å². The highest BCUT2D eigenvalue weighted by Gasteiger charge is 2.19. The maximum Gasteiger partial charge on any atom is 0.187 e. The van der Waals surface area contributed by atoms with E-state index in [9.17, 15) is 0 Å². The van der Waals surface area contributed by atoms with Gasteiger partial charge in [-0.1, -0.05) is 11.8 Å². The average Bonchev–Trinajstić information content (AvgIpc) is 2.46. The minimum absolute atomic E-state index is 0.938. The fourth-order valence-electron chi connectivity index (χ4n) is 2.79. The van der Waals surface area contributed by atoms with Gasteiger partial charge >= 0.3 is 0 Å². The molecule has 1 aromatic heterocycles. The Morgan fingerprint density at radius 1 is 0.905 bits per heavy atom. The van der Waals surface area contributed by atoms with Crippen LogP contribution in [-0.2, 0) is 0 Å². The van der Waals surface area contributed by atoms with Gasteiger partial charge in [0.15, 0.2) is 5.16 Å². The van der Waals surface area contributed by atoms with E-state index in [4.69, 9.17) is 0 Å². The Bertz CT molecular complexity index is 388. The van der Waals surface area contributed by atoms with Crippen LogP contribution in [0, 0.1) is 13.8 Å². The SMILES string of the molecule is CC[N+](CC)(CC)CCCCCSc1nc(C)cc(C)n1. The zero-order chi connectivity index (χ0) is 15.7. The lowest BCUT2D eigenvalue weighted by molar-refractivity contribution is -0.923. The topological polar surface area (TPSA) is 25.8 Å². The molecule has 0 aliphatic carbocycles. The van der Waals surface area contributed by atoms with Crippen LogP contribution in [0.2, 0.25) is 0 Å². The molecule has 0 atom stereocenters. The van der Waals surface area contributed by atoms with Crippen LogP contribution in [0.3, 0.4) is 0 Å². The minimum Gasteiger partial charge on any atom is -0.324 e. The van der Waals surface area contributed by atoms with E-state index in [1.54, 1.807) is 11.8 Å². The minimum atomic E-state index is 0.938. The number of hydrogen-bond acceptors (Lipinski definition) is 3. The molecule has 0 N–H and O–H groups in total. The maximum atomic E-state index is 4.48. The van der Waals surface area contributed by atoms with Gasteiger partial charge in [-0.25, -0.2) is 9.97 Å². The van der Waals surface area contributed by atoms with Crippen molar-refractivity contribution in [2.24, 2.45) is 0 Å². The molecule has 0 aliphatic heterocycles. The third kappa shape index (κ3) is 6.35. The van der Waals surface area contributed by atoms with Gasteiger partial charge in [-0.3, -0.25) is 0 Å². The molecule has 0 aromatic carbocycles. The first-order chi connectivity index (χ1) is 10.0. The van der Waals surface area contributed by atoms with Gasteiger partial charge in [-0.05, 0) is 59.9 Å². The summed E-state index contributed by atoms with van der Waals surface area (Å²) in [6.45, 7) is 16.1. The Kier molecular flexibility index (Phi) is 8.27. The molecule has 0 amide bonds. The zero-order valence-electron chi connectivity index (χ0n) is 14.5. The van der Waals surface area contributed by atoms with E-state index in [-0.39, 0.29) is 0 Å². The second kappa shape index (κ2) is 9.42. The summed E-state index contributed by atoms with van der Waals surface area (Å²) < 4.78 is 1.27. The van der Waals surface area contributed by atoms with Gasteiger partial charge in [0.05, 0.1) is 26.2 Å². The van der Waals surface area contributed by atoms with Crippen LogP contribution in [0.25, 0.3) is 0 Å². The summed E-state index contributed by atoms with van der Waals surface area (Å²) in [5.74, 6) is 1.13. The van der Waals surface area contributed by atoms with Crippen molar-refractivity contribution in [3.05, 3.63) is 17.5 Å². The van der Waals surface area contributed by atoms with E-state index in [1.807, 2.05) is 19.9 Å². The van der Waals surface area contributed by atoms with E-state index < -0.39 is 0 Å². The molecular formula is C17H32N3S+. The van der Waals surface area contributed by atoms with Crippen molar-refractivity contribution in [2.45, 2.75) is 59.0 Å². The molecule has 0 saturated heterocycles. The molecule has 0 radical (unpaired) electrons. The molecule has 120 valence electrons. The number of aryl methyl sites for hydroxylation is 2. The monoisotopic (exact) mass is 310 g/mol. The van der Waals surface area contributed by atoms with Crippen molar-refractivity contribution in [1.29, 1.82) is 0 Å². The molecule has 21 heavy (non-hydrogen) atoms. The predicted octanol–water partition coefficient (Wildman–Crippen LogP) is 4.23. The van der Waals surface area contributed by atoms with Crippen LogP contribution in [0.15, 0.2) is 11.2 Å². The Morgan fingerprint density at radius 3 is 2.00 bits per heavy atom. The molecule has 0 unspecified atom stereocenters. The predicted molar refractivity (Wildman–Crippen MR) is 92.8 cm³/mol. The summed E-state index contributed by atoms with van der Waals surface area (Å²) in [5, 5.41) is 0.938. The quantitative estimate of drug-likeness (QED) is 0.280. The van der Waals surface area contributed by atoms with E-state index in [1.165, 1.54) is 49.9 Å². The molecule has 1 rings (SSSR count). The maximum absolute atomic E-state index is 4.48. The molecule has 0 spiro atoms. The van der Waals surface area contributed by atoms with Crippen molar-refractivity contribution in [3.63, 3.8) is 0 Å². The van der Waals surface area contributed by atoms with Gasteiger partial charge in [-0.2, -0.15) is 0 Å². The summed E-state index contributed by atoms with van der Waals surface area (Å²) in [7, 11) is 0. The molecule has 0 aliphatic rings. The summed E-state index contributed by atoms with van der Waals surface area (Å²) in [4.78, 5) is 8.96. The molecule has 4 heteroatoms. The highest BCUT2D eigenvalue weighted by atomic mass is 32.2. The highest BCUT2D eigenvalue weighted by molar-refractivity contribution is 7.99. The third-order valence-electron chi connectivity index (χ3n) is 4.48. The van der Waals surface area contributed by atoms with Gasteiger partial charge in [-0.15, -0.1) is 0 Å². The van der Waals surface area contributed by atoms with Crippen LogP contribution in [-0.4, -0.2) is 46.4 Å². The summed E-state index contributed by atoms with van der Waals surface area (Å²) in [5.41, 5.74) is 2.14. The molecule has 3 nitrogen and oxygen atoms in total. The standard InChI is InChI=1S/C17H32N3S/c1-6-20(7-2,8-3)12-10-9-11-13-21-17-18-15(4)14-16(5)19-17/h14H,6-13H2,1-5H3/q+1. The van der Waals surface area contributed by atoms with Gasteiger partial charge < -0.3 is 4.48 Å². The number of nitrogens with zero attached hydrogens (tertiary/aromatic N) is 3. The Hall–Kier alpha value is -0.610. The molecule has 0 saturated carbocycles. The lowest BCUT2D eigenvalue weighted by Gasteiger charge is -2.35. The Morgan fingerprint density at radius 2 is 1.48 bits per heavy atom. The first kappa shape index (κ1) is 18.4. The number of thioether (sulfide) groups is 1. The average molecular weight is 311 g/mol. The van der Waals surface area contributed by atoms with Crippen LogP contribution >= 0.6 is 11.8 Å². The van der Waals surface area contributed by atoms with Crippen molar-refractivity contribution in [3.8, 4) is 0 Å². The first-order valence-corrected chi connectivity index (χ1v) is 9.34. The molecule has 1 aromatic rings. The Balaban J connectivity index is 2.23. The number of unbranched alkanes of at least 4 members (excludes halogenated alkanes) is 2. The second-order valence-corrected chi connectivity index (χ2v) is 6.92. The molecule has 0 bridgehead atoms. The van der Waals surface area contributed by atoms with Gasteiger partial charge in [0.2, 0.25) is 0 Å². The highest BCUT2D eigenvalue weighted by Crippen LogP contribution is 2.17. The van der Waals surface area contributed by atoms with Crippen LogP contribution < -0.4 is 0 Å². The molecular weight excluding hydrogens is 278 g/mol. The van der Waals surface area contributed by atoms with E-state index >= 15 is 0 Å².